The van der Waals surface area contributed by atoms with Crippen LogP contribution in [-0.4, -0.2) is 32.1 Å². The third-order valence-corrected chi connectivity index (χ3v) is 4.61. The van der Waals surface area contributed by atoms with Crippen molar-refractivity contribution in [1.82, 2.24) is 0 Å². The molecule has 1 amide bonds. The van der Waals surface area contributed by atoms with Crippen LogP contribution in [0.2, 0.25) is 5.02 Å². The minimum absolute atomic E-state index is 0.00419. The molecule has 0 unspecified atom stereocenters. The third kappa shape index (κ3) is 5.02. The molecule has 0 spiro atoms. The minimum Gasteiger partial charge on any atom is -0.465 e. The van der Waals surface area contributed by atoms with Crippen molar-refractivity contribution in [2.75, 3.05) is 24.4 Å². The van der Waals surface area contributed by atoms with Crippen LogP contribution in [0.15, 0.2) is 84.2 Å². The fraction of sp³-hybridized carbons (Fsp3) is 0.0870. The SMILES string of the molecule is COC(=O)C1=C(C(=O)OC)N(c2ccc(C(=O)Nc3cccc(Cl)c3)cc2)C=CC=C1. The average molecular weight is 439 g/mol. The van der Waals surface area contributed by atoms with E-state index in [0.29, 0.717) is 22.0 Å². The molecule has 1 heterocycles. The zero-order valence-electron chi connectivity index (χ0n) is 16.8. The van der Waals surface area contributed by atoms with Gasteiger partial charge >= 0.3 is 11.9 Å². The number of hydrogen-bond acceptors (Lipinski definition) is 6. The number of carbonyl (C=O) groups is 3. The summed E-state index contributed by atoms with van der Waals surface area (Å²) in [5.74, 6) is -1.71. The molecule has 8 heteroatoms. The Morgan fingerprint density at radius 2 is 1.65 bits per heavy atom. The van der Waals surface area contributed by atoms with Gasteiger partial charge in [-0.1, -0.05) is 23.7 Å². The highest BCUT2D eigenvalue weighted by Crippen LogP contribution is 2.27. The summed E-state index contributed by atoms with van der Waals surface area (Å²) in [5.41, 5.74) is 1.55. The normalized spacial score (nSPS) is 12.9. The number of methoxy groups -OCH3 is 2. The van der Waals surface area contributed by atoms with Gasteiger partial charge in [0.1, 0.15) is 5.70 Å². The number of anilines is 2. The number of esters is 2. The van der Waals surface area contributed by atoms with Gasteiger partial charge in [0.25, 0.3) is 5.91 Å². The molecular weight excluding hydrogens is 420 g/mol. The van der Waals surface area contributed by atoms with E-state index in [1.54, 1.807) is 66.9 Å². The summed E-state index contributed by atoms with van der Waals surface area (Å²) in [6.45, 7) is 0. The van der Waals surface area contributed by atoms with Crippen LogP contribution in [0.25, 0.3) is 0 Å². The first-order valence-corrected chi connectivity index (χ1v) is 9.54. The van der Waals surface area contributed by atoms with Crippen LogP contribution < -0.4 is 10.2 Å². The van der Waals surface area contributed by atoms with Crippen LogP contribution in [0.4, 0.5) is 11.4 Å². The molecule has 2 aromatic carbocycles. The highest BCUT2D eigenvalue weighted by Gasteiger charge is 2.27. The Morgan fingerprint density at radius 1 is 0.935 bits per heavy atom. The number of nitrogens with zero attached hydrogens (tertiary/aromatic N) is 1. The smallest absolute Gasteiger partial charge is 0.355 e. The van der Waals surface area contributed by atoms with Gasteiger partial charge in [-0.25, -0.2) is 9.59 Å². The fourth-order valence-corrected chi connectivity index (χ4v) is 3.10. The van der Waals surface area contributed by atoms with Crippen molar-refractivity contribution < 1.29 is 23.9 Å². The summed E-state index contributed by atoms with van der Waals surface area (Å²) in [5, 5.41) is 3.28. The standard InChI is InChI=1S/C23H19ClN2O5/c1-30-22(28)19-8-3-4-13-26(20(19)23(29)31-2)18-11-9-15(10-12-18)21(27)25-17-7-5-6-16(24)14-17/h3-14H,1-2H3,(H,25,27). The predicted molar refractivity (Wildman–Crippen MR) is 118 cm³/mol. The number of nitrogens with one attached hydrogen (secondary N) is 1. The monoisotopic (exact) mass is 438 g/mol. The maximum absolute atomic E-state index is 12.5. The third-order valence-electron chi connectivity index (χ3n) is 4.38. The molecule has 2 aromatic rings. The summed E-state index contributed by atoms with van der Waals surface area (Å²) in [6.07, 6.45) is 6.36. The van der Waals surface area contributed by atoms with E-state index < -0.39 is 11.9 Å². The maximum Gasteiger partial charge on any atom is 0.355 e. The lowest BCUT2D eigenvalue weighted by Crippen LogP contribution is -2.27. The minimum atomic E-state index is -0.709. The van der Waals surface area contributed by atoms with Gasteiger partial charge in [0, 0.05) is 28.2 Å². The Labute approximate surface area is 184 Å². The summed E-state index contributed by atoms with van der Waals surface area (Å²) in [4.78, 5) is 38.7. The van der Waals surface area contributed by atoms with Gasteiger partial charge in [-0.05, 0) is 54.6 Å². The molecule has 1 aliphatic rings. The lowest BCUT2D eigenvalue weighted by molar-refractivity contribution is -0.139. The van der Waals surface area contributed by atoms with Crippen molar-refractivity contribution in [2.45, 2.75) is 0 Å². The topological polar surface area (TPSA) is 84.9 Å². The summed E-state index contributed by atoms with van der Waals surface area (Å²) < 4.78 is 9.67. The number of amides is 1. The van der Waals surface area contributed by atoms with Crippen LogP contribution in [0.1, 0.15) is 10.4 Å². The molecule has 158 valence electrons. The number of allylic oxidation sites excluding steroid dienone is 2. The van der Waals surface area contributed by atoms with E-state index in [9.17, 15) is 14.4 Å². The highest BCUT2D eigenvalue weighted by atomic mass is 35.5. The van der Waals surface area contributed by atoms with E-state index in [1.807, 2.05) is 0 Å². The Morgan fingerprint density at radius 3 is 2.29 bits per heavy atom. The molecule has 0 aliphatic carbocycles. The molecule has 1 N–H and O–H groups in total. The summed E-state index contributed by atoms with van der Waals surface area (Å²) in [7, 11) is 2.46. The first-order valence-electron chi connectivity index (χ1n) is 9.16. The van der Waals surface area contributed by atoms with Gasteiger partial charge in [-0.2, -0.15) is 0 Å². The predicted octanol–water partition coefficient (Wildman–Crippen LogP) is 4.08. The number of rotatable bonds is 5. The molecule has 0 bridgehead atoms. The van der Waals surface area contributed by atoms with Gasteiger partial charge in [-0.3, -0.25) is 4.79 Å². The number of halogens is 1. The van der Waals surface area contributed by atoms with Gasteiger partial charge in [0.15, 0.2) is 0 Å². The van der Waals surface area contributed by atoms with Gasteiger partial charge < -0.3 is 19.7 Å². The van der Waals surface area contributed by atoms with E-state index in [1.165, 1.54) is 25.2 Å². The van der Waals surface area contributed by atoms with Crippen molar-refractivity contribution in [3.63, 3.8) is 0 Å². The van der Waals surface area contributed by atoms with Crippen LogP contribution >= 0.6 is 11.6 Å². The Kier molecular flexibility index (Phi) is 6.89. The number of ether oxygens (including phenoxy) is 2. The second-order valence-electron chi connectivity index (χ2n) is 6.33. The number of hydrogen-bond donors (Lipinski definition) is 1. The van der Waals surface area contributed by atoms with Crippen molar-refractivity contribution in [3.8, 4) is 0 Å². The molecule has 0 fully saturated rings. The average Bonchev–Trinajstić information content (AvgIpc) is 3.01. The maximum atomic E-state index is 12.5. The van der Waals surface area contributed by atoms with Gasteiger partial charge in [0.2, 0.25) is 0 Å². The molecule has 0 saturated heterocycles. The van der Waals surface area contributed by atoms with E-state index in [0.717, 1.165) is 0 Å². The summed E-state index contributed by atoms with van der Waals surface area (Å²) >= 11 is 5.95. The van der Waals surface area contributed by atoms with E-state index in [2.05, 4.69) is 5.32 Å². The van der Waals surface area contributed by atoms with Crippen molar-refractivity contribution >= 4 is 40.8 Å². The quantitative estimate of drug-likeness (QED) is 0.708. The lowest BCUT2D eigenvalue weighted by atomic mass is 10.1. The fourth-order valence-electron chi connectivity index (χ4n) is 2.91. The van der Waals surface area contributed by atoms with E-state index in [-0.39, 0.29) is 17.2 Å². The Balaban J connectivity index is 1.91. The van der Waals surface area contributed by atoms with Crippen LogP contribution in [0.5, 0.6) is 0 Å². The highest BCUT2D eigenvalue weighted by molar-refractivity contribution is 6.31. The molecule has 3 rings (SSSR count). The van der Waals surface area contributed by atoms with Crippen LogP contribution in [0, 0.1) is 0 Å². The Hall–Kier alpha value is -3.84. The van der Waals surface area contributed by atoms with Gasteiger partial charge in [0.05, 0.1) is 19.8 Å². The van der Waals surface area contributed by atoms with Crippen molar-refractivity contribution in [1.29, 1.82) is 0 Å². The molecule has 0 saturated carbocycles. The van der Waals surface area contributed by atoms with Crippen molar-refractivity contribution in [3.05, 3.63) is 94.8 Å². The van der Waals surface area contributed by atoms with E-state index in [4.69, 9.17) is 21.1 Å². The van der Waals surface area contributed by atoms with Gasteiger partial charge in [-0.15, -0.1) is 0 Å². The number of carbonyl (C=O) groups excluding carboxylic acids is 3. The molecule has 31 heavy (non-hydrogen) atoms. The number of benzene rings is 2. The lowest BCUT2D eigenvalue weighted by Gasteiger charge is -2.23. The molecule has 0 radical (unpaired) electrons. The first-order chi connectivity index (χ1) is 14.9. The van der Waals surface area contributed by atoms with Crippen molar-refractivity contribution in [2.24, 2.45) is 0 Å². The largest absolute Gasteiger partial charge is 0.465 e. The van der Waals surface area contributed by atoms with Crippen LogP contribution in [0.3, 0.4) is 0 Å². The Bertz CT molecular complexity index is 1100. The second kappa shape index (κ2) is 9.77. The molecule has 7 nitrogen and oxygen atoms in total. The van der Waals surface area contributed by atoms with Crippen LogP contribution in [-0.2, 0) is 19.1 Å². The zero-order chi connectivity index (χ0) is 22.4. The zero-order valence-corrected chi connectivity index (χ0v) is 17.6. The second-order valence-corrected chi connectivity index (χ2v) is 6.76. The van der Waals surface area contributed by atoms with E-state index >= 15 is 0 Å². The molecule has 0 aromatic heterocycles. The summed E-state index contributed by atoms with van der Waals surface area (Å²) in [6, 6.07) is 13.3. The molecule has 1 aliphatic heterocycles. The first kappa shape index (κ1) is 21.9. The molecule has 0 atom stereocenters. The molecular formula is C23H19ClN2O5.